The lowest BCUT2D eigenvalue weighted by Gasteiger charge is -2.09. The van der Waals surface area contributed by atoms with E-state index in [2.05, 4.69) is 74.5 Å². The highest BCUT2D eigenvalue weighted by Crippen LogP contribution is 2.28. The van der Waals surface area contributed by atoms with Crippen molar-refractivity contribution in [2.24, 2.45) is 0 Å². The zero-order valence-electron chi connectivity index (χ0n) is 22.5. The summed E-state index contributed by atoms with van der Waals surface area (Å²) in [5.74, 6) is 0.993. The maximum atomic E-state index is 6.05. The normalized spacial score (nSPS) is 11.3. The van der Waals surface area contributed by atoms with E-state index in [9.17, 15) is 0 Å². The molecule has 3 aromatic rings. The van der Waals surface area contributed by atoms with Crippen LogP contribution in [0.5, 0.6) is 5.75 Å². The van der Waals surface area contributed by atoms with E-state index in [4.69, 9.17) is 4.74 Å². The SMILES string of the molecule is CCCCCCCCCCOc1ccc2cc(-c3ccc(CCCCCCCC)cc3)ccc2c1. The van der Waals surface area contributed by atoms with E-state index in [-0.39, 0.29) is 0 Å². The Bertz CT molecular complexity index is 956. The van der Waals surface area contributed by atoms with Gasteiger partial charge in [0.2, 0.25) is 0 Å². The molecule has 1 nitrogen and oxygen atoms in total. The highest BCUT2D eigenvalue weighted by molar-refractivity contribution is 5.88. The fraction of sp³-hybridized carbons (Fsp3) is 0.529. The Hall–Kier alpha value is -2.28. The van der Waals surface area contributed by atoms with Crippen LogP contribution in [0.4, 0.5) is 0 Å². The second-order valence-electron chi connectivity index (χ2n) is 10.3. The first kappa shape index (κ1) is 27.3. The van der Waals surface area contributed by atoms with Gasteiger partial charge in [-0.3, -0.25) is 0 Å². The number of hydrogen-bond donors (Lipinski definition) is 0. The summed E-state index contributed by atoms with van der Waals surface area (Å²) in [5, 5.41) is 2.53. The molecule has 0 N–H and O–H groups in total. The largest absolute Gasteiger partial charge is 0.494 e. The van der Waals surface area contributed by atoms with Crippen molar-refractivity contribution in [2.45, 2.75) is 110 Å². The van der Waals surface area contributed by atoms with Gasteiger partial charge in [-0.15, -0.1) is 0 Å². The van der Waals surface area contributed by atoms with Crippen LogP contribution in [0.25, 0.3) is 21.9 Å². The van der Waals surface area contributed by atoms with Crippen molar-refractivity contribution in [3.8, 4) is 16.9 Å². The summed E-state index contributed by atoms with van der Waals surface area (Å²) in [7, 11) is 0. The van der Waals surface area contributed by atoms with Crippen LogP contribution in [0.1, 0.15) is 109 Å². The molecule has 0 amide bonds. The van der Waals surface area contributed by atoms with Gasteiger partial charge < -0.3 is 4.74 Å². The highest BCUT2D eigenvalue weighted by Gasteiger charge is 2.03. The minimum atomic E-state index is 0.823. The van der Waals surface area contributed by atoms with Crippen LogP contribution in [-0.2, 0) is 6.42 Å². The molecule has 0 fully saturated rings. The monoisotopic (exact) mass is 472 g/mol. The summed E-state index contributed by atoms with van der Waals surface area (Å²) >= 11 is 0. The van der Waals surface area contributed by atoms with E-state index < -0.39 is 0 Å². The van der Waals surface area contributed by atoms with Crippen LogP contribution in [0.3, 0.4) is 0 Å². The van der Waals surface area contributed by atoms with Gasteiger partial charge in [-0.1, -0.05) is 133 Å². The van der Waals surface area contributed by atoms with E-state index in [0.29, 0.717) is 0 Å². The molecule has 190 valence electrons. The number of fused-ring (bicyclic) bond motifs is 1. The second-order valence-corrected chi connectivity index (χ2v) is 10.3. The number of ether oxygens (including phenoxy) is 1. The first-order valence-corrected chi connectivity index (χ1v) is 14.6. The van der Waals surface area contributed by atoms with Crippen molar-refractivity contribution in [1.29, 1.82) is 0 Å². The van der Waals surface area contributed by atoms with Crippen LogP contribution in [0, 0.1) is 0 Å². The molecule has 35 heavy (non-hydrogen) atoms. The number of unbranched alkanes of at least 4 members (excludes halogenated alkanes) is 12. The quantitative estimate of drug-likeness (QED) is 0.167. The lowest BCUT2D eigenvalue weighted by molar-refractivity contribution is 0.304. The summed E-state index contributed by atoms with van der Waals surface area (Å²) in [6.07, 6.45) is 20.0. The molecule has 0 radical (unpaired) electrons. The lowest BCUT2D eigenvalue weighted by atomic mass is 9.98. The topological polar surface area (TPSA) is 9.23 Å². The number of aryl methyl sites for hydroxylation is 1. The van der Waals surface area contributed by atoms with E-state index in [1.165, 1.54) is 117 Å². The van der Waals surface area contributed by atoms with E-state index in [0.717, 1.165) is 18.8 Å². The van der Waals surface area contributed by atoms with Gasteiger partial charge in [0.05, 0.1) is 6.61 Å². The predicted molar refractivity (Wildman–Crippen MR) is 155 cm³/mol. The van der Waals surface area contributed by atoms with Crippen molar-refractivity contribution >= 4 is 10.8 Å². The molecular weight excluding hydrogens is 424 g/mol. The smallest absolute Gasteiger partial charge is 0.119 e. The molecule has 0 saturated carbocycles. The molecule has 3 rings (SSSR count). The predicted octanol–water partition coefficient (Wildman–Crippen LogP) is 10.9. The summed E-state index contributed by atoms with van der Waals surface area (Å²) in [5.41, 5.74) is 4.05. The molecule has 0 atom stereocenters. The number of hydrogen-bond acceptors (Lipinski definition) is 1. The van der Waals surface area contributed by atoms with Gasteiger partial charge in [0.25, 0.3) is 0 Å². The molecule has 3 aromatic carbocycles. The molecule has 0 aliphatic heterocycles. The van der Waals surface area contributed by atoms with Gasteiger partial charge in [0.1, 0.15) is 5.75 Å². The van der Waals surface area contributed by atoms with Crippen LogP contribution in [0.2, 0.25) is 0 Å². The van der Waals surface area contributed by atoms with Crippen LogP contribution in [-0.4, -0.2) is 6.61 Å². The Labute approximate surface area is 215 Å². The van der Waals surface area contributed by atoms with Gasteiger partial charge in [-0.05, 0) is 64.9 Å². The summed E-state index contributed by atoms with van der Waals surface area (Å²) in [4.78, 5) is 0. The fourth-order valence-corrected chi connectivity index (χ4v) is 4.89. The molecule has 0 aliphatic carbocycles. The Morgan fingerprint density at radius 1 is 0.486 bits per heavy atom. The lowest BCUT2D eigenvalue weighted by Crippen LogP contribution is -1.97. The first-order valence-electron chi connectivity index (χ1n) is 14.6. The van der Waals surface area contributed by atoms with Crippen LogP contribution in [0.15, 0.2) is 60.7 Å². The molecule has 0 aromatic heterocycles. The number of benzene rings is 3. The van der Waals surface area contributed by atoms with Crippen molar-refractivity contribution in [2.75, 3.05) is 6.61 Å². The number of rotatable bonds is 18. The molecular formula is C34H48O. The maximum absolute atomic E-state index is 6.05. The zero-order chi connectivity index (χ0) is 24.6. The Morgan fingerprint density at radius 3 is 1.71 bits per heavy atom. The Kier molecular flexibility index (Phi) is 12.8. The third-order valence-corrected chi connectivity index (χ3v) is 7.18. The minimum absolute atomic E-state index is 0.823. The molecule has 0 aliphatic rings. The summed E-state index contributed by atoms with van der Waals surface area (Å²) in [6.45, 7) is 5.38. The highest BCUT2D eigenvalue weighted by atomic mass is 16.5. The standard InChI is InChI=1S/C34H48O/c1-3-5-7-9-11-12-14-16-26-35-34-25-24-32-27-31(22-23-33(32)28-34)30-20-18-29(19-21-30)17-15-13-10-8-6-4-2/h18-25,27-28H,3-17,26H2,1-2H3. The van der Waals surface area contributed by atoms with Gasteiger partial charge in [-0.25, -0.2) is 0 Å². The molecule has 0 saturated heterocycles. The molecule has 0 heterocycles. The Morgan fingerprint density at radius 2 is 1.03 bits per heavy atom. The third kappa shape index (κ3) is 10.1. The first-order chi connectivity index (χ1) is 17.3. The van der Waals surface area contributed by atoms with Crippen molar-refractivity contribution in [3.63, 3.8) is 0 Å². The van der Waals surface area contributed by atoms with Gasteiger partial charge in [-0.2, -0.15) is 0 Å². The van der Waals surface area contributed by atoms with E-state index >= 15 is 0 Å². The summed E-state index contributed by atoms with van der Waals surface area (Å²) < 4.78 is 6.05. The van der Waals surface area contributed by atoms with Crippen molar-refractivity contribution < 1.29 is 4.74 Å². The molecule has 0 spiro atoms. The average molecular weight is 473 g/mol. The Balaban J connectivity index is 1.43. The van der Waals surface area contributed by atoms with Crippen molar-refractivity contribution in [1.82, 2.24) is 0 Å². The van der Waals surface area contributed by atoms with Crippen molar-refractivity contribution in [3.05, 3.63) is 66.2 Å². The molecule has 0 unspecified atom stereocenters. The maximum Gasteiger partial charge on any atom is 0.119 e. The summed E-state index contributed by atoms with van der Waals surface area (Å²) in [6, 6.07) is 22.5. The zero-order valence-corrected chi connectivity index (χ0v) is 22.5. The third-order valence-electron chi connectivity index (χ3n) is 7.18. The van der Waals surface area contributed by atoms with E-state index in [1.54, 1.807) is 0 Å². The van der Waals surface area contributed by atoms with Gasteiger partial charge in [0, 0.05) is 0 Å². The van der Waals surface area contributed by atoms with Gasteiger partial charge in [0.15, 0.2) is 0 Å². The molecule has 0 bridgehead atoms. The van der Waals surface area contributed by atoms with Gasteiger partial charge >= 0.3 is 0 Å². The average Bonchev–Trinajstić information content (AvgIpc) is 2.90. The van der Waals surface area contributed by atoms with Crippen LogP contribution < -0.4 is 4.74 Å². The molecule has 1 heteroatoms. The van der Waals surface area contributed by atoms with Crippen LogP contribution >= 0.6 is 0 Å². The second kappa shape index (κ2) is 16.4. The van der Waals surface area contributed by atoms with E-state index in [1.807, 2.05) is 0 Å². The minimum Gasteiger partial charge on any atom is -0.494 e. The fourth-order valence-electron chi connectivity index (χ4n) is 4.89.